The molecule has 1 amide bonds. The van der Waals surface area contributed by atoms with E-state index in [0.717, 1.165) is 53.5 Å². The number of nitrogens with zero attached hydrogens (tertiary/aromatic N) is 3. The molecule has 0 saturated heterocycles. The molecule has 1 aliphatic rings. The molecule has 5 nitrogen and oxygen atoms in total. The van der Waals surface area contributed by atoms with Crippen molar-refractivity contribution in [1.29, 1.82) is 0 Å². The topological polar surface area (TPSA) is 59.8 Å². The first-order chi connectivity index (χ1) is 14.2. The van der Waals surface area contributed by atoms with E-state index < -0.39 is 0 Å². The summed E-state index contributed by atoms with van der Waals surface area (Å²) in [6, 6.07) is 15.6. The number of aromatic nitrogens is 3. The van der Waals surface area contributed by atoms with Crippen LogP contribution in [0, 0.1) is 5.82 Å². The van der Waals surface area contributed by atoms with E-state index >= 15 is 0 Å². The zero-order chi connectivity index (χ0) is 19.8. The van der Waals surface area contributed by atoms with E-state index in [-0.39, 0.29) is 11.7 Å². The average molecular weight is 386 g/mol. The number of amides is 1. The van der Waals surface area contributed by atoms with Crippen LogP contribution in [-0.4, -0.2) is 20.7 Å². The third-order valence-electron chi connectivity index (χ3n) is 5.36. The molecule has 29 heavy (non-hydrogen) atoms. The predicted octanol–water partition coefficient (Wildman–Crippen LogP) is 4.69. The van der Waals surface area contributed by atoms with Crippen molar-refractivity contribution < 1.29 is 9.18 Å². The Labute approximate surface area is 167 Å². The molecule has 0 saturated carbocycles. The molecule has 0 fully saturated rings. The highest BCUT2D eigenvalue weighted by molar-refractivity contribution is 6.08. The van der Waals surface area contributed by atoms with Gasteiger partial charge in [-0.1, -0.05) is 6.07 Å². The summed E-state index contributed by atoms with van der Waals surface area (Å²) in [4.78, 5) is 17.5. The number of rotatable bonds is 3. The molecule has 0 aliphatic heterocycles. The molecule has 2 aromatic heterocycles. The minimum atomic E-state index is -0.294. The molecule has 0 radical (unpaired) electrons. The predicted molar refractivity (Wildman–Crippen MR) is 110 cm³/mol. The van der Waals surface area contributed by atoms with E-state index in [1.54, 1.807) is 23.0 Å². The summed E-state index contributed by atoms with van der Waals surface area (Å²) in [5, 5.41) is 8.53. The van der Waals surface area contributed by atoms with Crippen molar-refractivity contribution in [3.63, 3.8) is 0 Å². The number of carbonyl (C=O) groups excluding carboxylic acids is 1. The lowest BCUT2D eigenvalue weighted by Gasteiger charge is -2.14. The van der Waals surface area contributed by atoms with Gasteiger partial charge in [0.1, 0.15) is 5.82 Å². The minimum Gasteiger partial charge on any atom is -0.320 e. The van der Waals surface area contributed by atoms with E-state index in [1.807, 2.05) is 30.3 Å². The van der Waals surface area contributed by atoms with Gasteiger partial charge in [0.2, 0.25) is 0 Å². The summed E-state index contributed by atoms with van der Waals surface area (Å²) < 4.78 is 15.1. The molecule has 5 rings (SSSR count). The van der Waals surface area contributed by atoms with E-state index in [9.17, 15) is 9.18 Å². The maximum absolute atomic E-state index is 13.3. The van der Waals surface area contributed by atoms with Crippen LogP contribution in [0.1, 0.15) is 34.6 Å². The second-order valence-corrected chi connectivity index (χ2v) is 7.20. The SMILES string of the molecule is O=C(Nc1cccc2ncccc12)c1nn(-c2ccc(F)cc2)c2c1CCCC2. The molecular formula is C23H19FN4O. The van der Waals surface area contributed by atoms with Crippen molar-refractivity contribution >= 4 is 22.5 Å². The summed E-state index contributed by atoms with van der Waals surface area (Å²) in [6.45, 7) is 0. The quantitative estimate of drug-likeness (QED) is 0.556. The van der Waals surface area contributed by atoms with Gasteiger partial charge in [0.25, 0.3) is 5.91 Å². The maximum Gasteiger partial charge on any atom is 0.276 e. The minimum absolute atomic E-state index is 0.236. The molecule has 0 spiro atoms. The van der Waals surface area contributed by atoms with Crippen LogP contribution in [0.5, 0.6) is 0 Å². The van der Waals surface area contributed by atoms with E-state index in [1.165, 1.54) is 12.1 Å². The molecule has 0 unspecified atom stereocenters. The molecule has 1 N–H and O–H groups in total. The van der Waals surface area contributed by atoms with Gasteiger partial charge in [-0.25, -0.2) is 9.07 Å². The standard InChI is InChI=1S/C23H19FN4O/c24-15-10-12-16(13-11-15)28-21-9-2-1-5-18(21)22(27-28)23(29)26-20-8-3-7-19-17(20)6-4-14-25-19/h3-4,6-8,10-14H,1-2,5,9H2,(H,26,29). The number of pyridine rings is 1. The van der Waals surface area contributed by atoms with Crippen LogP contribution in [0.2, 0.25) is 0 Å². The Morgan fingerprint density at radius 1 is 1.00 bits per heavy atom. The lowest BCUT2D eigenvalue weighted by Crippen LogP contribution is -2.16. The first-order valence-electron chi connectivity index (χ1n) is 9.72. The fourth-order valence-electron chi connectivity index (χ4n) is 3.97. The van der Waals surface area contributed by atoms with Crippen LogP contribution in [0.25, 0.3) is 16.6 Å². The first kappa shape index (κ1) is 17.6. The Morgan fingerprint density at radius 3 is 2.69 bits per heavy atom. The smallest absolute Gasteiger partial charge is 0.276 e. The Kier molecular flexibility index (Phi) is 4.31. The monoisotopic (exact) mass is 386 g/mol. The highest BCUT2D eigenvalue weighted by atomic mass is 19.1. The lowest BCUT2D eigenvalue weighted by molar-refractivity contribution is 0.102. The highest BCUT2D eigenvalue weighted by Crippen LogP contribution is 2.28. The van der Waals surface area contributed by atoms with E-state index in [4.69, 9.17) is 0 Å². The number of halogens is 1. The van der Waals surface area contributed by atoms with Crippen molar-refractivity contribution in [2.75, 3.05) is 5.32 Å². The van der Waals surface area contributed by atoms with Gasteiger partial charge in [-0.05, 0) is 74.2 Å². The van der Waals surface area contributed by atoms with Gasteiger partial charge in [-0.3, -0.25) is 9.78 Å². The normalized spacial score (nSPS) is 13.3. The molecule has 6 heteroatoms. The van der Waals surface area contributed by atoms with Crippen molar-refractivity contribution in [1.82, 2.24) is 14.8 Å². The van der Waals surface area contributed by atoms with Crippen LogP contribution in [0.15, 0.2) is 60.8 Å². The summed E-state index contributed by atoms with van der Waals surface area (Å²) >= 11 is 0. The fraction of sp³-hybridized carbons (Fsp3) is 0.174. The second-order valence-electron chi connectivity index (χ2n) is 7.20. The maximum atomic E-state index is 13.3. The Hall–Kier alpha value is -3.54. The zero-order valence-electron chi connectivity index (χ0n) is 15.7. The summed E-state index contributed by atoms with van der Waals surface area (Å²) in [5.74, 6) is -0.530. The van der Waals surface area contributed by atoms with Crippen LogP contribution in [-0.2, 0) is 12.8 Å². The van der Waals surface area contributed by atoms with E-state index in [2.05, 4.69) is 15.4 Å². The zero-order valence-corrected chi connectivity index (χ0v) is 15.7. The summed E-state index contributed by atoms with van der Waals surface area (Å²) in [6.07, 6.45) is 5.48. The largest absolute Gasteiger partial charge is 0.320 e. The number of hydrogen-bond donors (Lipinski definition) is 1. The third-order valence-corrected chi connectivity index (χ3v) is 5.36. The highest BCUT2D eigenvalue weighted by Gasteiger charge is 2.26. The molecular weight excluding hydrogens is 367 g/mol. The van der Waals surface area contributed by atoms with Gasteiger partial charge in [0.15, 0.2) is 5.69 Å². The molecule has 2 heterocycles. The van der Waals surface area contributed by atoms with Crippen molar-refractivity contribution in [2.45, 2.75) is 25.7 Å². The van der Waals surface area contributed by atoms with Crippen LogP contribution in [0.3, 0.4) is 0 Å². The number of fused-ring (bicyclic) bond motifs is 2. The molecule has 4 aromatic rings. The molecule has 1 aliphatic carbocycles. The number of carbonyl (C=O) groups is 1. The summed E-state index contributed by atoms with van der Waals surface area (Å²) in [5.41, 5.74) is 4.75. The van der Waals surface area contributed by atoms with Gasteiger partial charge in [-0.15, -0.1) is 0 Å². The number of anilines is 1. The summed E-state index contributed by atoms with van der Waals surface area (Å²) in [7, 11) is 0. The lowest BCUT2D eigenvalue weighted by atomic mass is 9.95. The van der Waals surface area contributed by atoms with Gasteiger partial charge >= 0.3 is 0 Å². The number of benzene rings is 2. The first-order valence-corrected chi connectivity index (χ1v) is 9.72. The Bertz CT molecular complexity index is 1210. The molecule has 0 atom stereocenters. The molecule has 0 bridgehead atoms. The van der Waals surface area contributed by atoms with Crippen LogP contribution >= 0.6 is 0 Å². The van der Waals surface area contributed by atoms with Crippen molar-refractivity contribution in [3.05, 3.63) is 83.6 Å². The second kappa shape index (κ2) is 7.13. The van der Waals surface area contributed by atoms with Crippen LogP contribution in [0.4, 0.5) is 10.1 Å². The molecule has 2 aromatic carbocycles. The van der Waals surface area contributed by atoms with Gasteiger partial charge in [0.05, 0.1) is 16.9 Å². The average Bonchev–Trinajstić information content (AvgIpc) is 3.14. The molecule has 144 valence electrons. The fourth-order valence-corrected chi connectivity index (χ4v) is 3.97. The van der Waals surface area contributed by atoms with Crippen molar-refractivity contribution in [3.8, 4) is 5.69 Å². The van der Waals surface area contributed by atoms with Gasteiger partial charge in [-0.2, -0.15) is 5.10 Å². The Balaban J connectivity index is 1.55. The Morgan fingerprint density at radius 2 is 1.83 bits per heavy atom. The third kappa shape index (κ3) is 3.16. The van der Waals surface area contributed by atoms with Crippen LogP contribution < -0.4 is 5.32 Å². The van der Waals surface area contributed by atoms with Gasteiger partial charge in [0, 0.05) is 22.8 Å². The number of nitrogens with one attached hydrogen (secondary N) is 1. The number of hydrogen-bond acceptors (Lipinski definition) is 3. The van der Waals surface area contributed by atoms with E-state index in [0.29, 0.717) is 11.4 Å². The van der Waals surface area contributed by atoms with Crippen molar-refractivity contribution in [2.24, 2.45) is 0 Å². The van der Waals surface area contributed by atoms with Gasteiger partial charge < -0.3 is 5.32 Å².